The van der Waals surface area contributed by atoms with Crippen molar-refractivity contribution in [2.75, 3.05) is 39.3 Å². The van der Waals surface area contributed by atoms with Gasteiger partial charge >= 0.3 is 0 Å². The van der Waals surface area contributed by atoms with Crippen molar-refractivity contribution in [2.24, 2.45) is 0 Å². The van der Waals surface area contributed by atoms with Crippen molar-refractivity contribution in [1.29, 1.82) is 0 Å². The first-order chi connectivity index (χ1) is 12.3. The van der Waals surface area contributed by atoms with Gasteiger partial charge in [-0.05, 0) is 82.5 Å². The van der Waals surface area contributed by atoms with Crippen molar-refractivity contribution < 1.29 is 4.79 Å². The lowest BCUT2D eigenvalue weighted by molar-refractivity contribution is 0.0951. The second kappa shape index (κ2) is 9.93. The Morgan fingerprint density at radius 3 is 2.12 bits per heavy atom. The van der Waals surface area contributed by atoms with E-state index < -0.39 is 0 Å². The fourth-order valence-electron chi connectivity index (χ4n) is 3.93. The summed E-state index contributed by atoms with van der Waals surface area (Å²) in [7, 11) is 0. The summed E-state index contributed by atoms with van der Waals surface area (Å²) in [5.41, 5.74) is 2.08. The maximum absolute atomic E-state index is 12.3. The fraction of sp³-hybridized carbons (Fsp3) is 0.667. The number of carbonyl (C=O) groups is 1. The van der Waals surface area contributed by atoms with Crippen LogP contribution in [0.4, 0.5) is 0 Å². The van der Waals surface area contributed by atoms with Crippen LogP contribution in [0.15, 0.2) is 24.3 Å². The van der Waals surface area contributed by atoms with Crippen molar-refractivity contribution >= 4 is 5.91 Å². The van der Waals surface area contributed by atoms with Gasteiger partial charge in [-0.2, -0.15) is 0 Å². The maximum Gasteiger partial charge on any atom is 0.251 e. The van der Waals surface area contributed by atoms with E-state index in [0.29, 0.717) is 0 Å². The molecule has 4 heteroatoms. The van der Waals surface area contributed by atoms with E-state index in [-0.39, 0.29) is 5.91 Å². The van der Waals surface area contributed by atoms with Crippen LogP contribution in [-0.4, -0.2) is 55.0 Å². The summed E-state index contributed by atoms with van der Waals surface area (Å²) < 4.78 is 0. The zero-order valence-corrected chi connectivity index (χ0v) is 15.5. The highest BCUT2D eigenvalue weighted by Gasteiger charge is 2.12. The number of nitrogens with zero attached hydrogens (tertiary/aromatic N) is 2. The maximum atomic E-state index is 12.3. The number of nitrogens with one attached hydrogen (secondary N) is 1. The van der Waals surface area contributed by atoms with Crippen LogP contribution in [0, 0.1) is 0 Å². The highest BCUT2D eigenvalue weighted by atomic mass is 16.1. The van der Waals surface area contributed by atoms with Crippen molar-refractivity contribution in [3.05, 3.63) is 35.4 Å². The highest BCUT2D eigenvalue weighted by Crippen LogP contribution is 2.13. The standard InChI is InChI=1S/C21H33N3O/c25-21(22-12-7-17-23-13-3-1-2-4-14-23)20-10-8-19(9-11-20)18-24-15-5-6-16-24/h8-11H,1-7,12-18H2,(H,22,25). The molecule has 0 saturated carbocycles. The molecule has 3 rings (SSSR count). The molecule has 0 spiro atoms. The van der Waals surface area contributed by atoms with Crippen molar-refractivity contribution in [3.63, 3.8) is 0 Å². The summed E-state index contributed by atoms with van der Waals surface area (Å²) in [6.07, 6.45) is 9.09. The average Bonchev–Trinajstić information content (AvgIpc) is 3.00. The van der Waals surface area contributed by atoms with Crippen LogP contribution in [0.5, 0.6) is 0 Å². The Bertz CT molecular complexity index is 514. The SMILES string of the molecule is O=C(NCCCN1CCCCCC1)c1ccc(CN2CCCC2)cc1. The van der Waals surface area contributed by atoms with Gasteiger partial charge in [0.1, 0.15) is 0 Å². The van der Waals surface area contributed by atoms with Crippen LogP contribution >= 0.6 is 0 Å². The predicted octanol–water partition coefficient (Wildman–Crippen LogP) is 3.28. The number of hydrogen-bond acceptors (Lipinski definition) is 3. The summed E-state index contributed by atoms with van der Waals surface area (Å²) in [5, 5.41) is 3.07. The van der Waals surface area contributed by atoms with E-state index >= 15 is 0 Å². The Morgan fingerprint density at radius 1 is 0.840 bits per heavy atom. The highest BCUT2D eigenvalue weighted by molar-refractivity contribution is 5.94. The van der Waals surface area contributed by atoms with Gasteiger partial charge in [0.25, 0.3) is 5.91 Å². The summed E-state index contributed by atoms with van der Waals surface area (Å²) >= 11 is 0. The number of rotatable bonds is 7. The molecule has 1 N–H and O–H groups in total. The van der Waals surface area contributed by atoms with Gasteiger partial charge in [0.15, 0.2) is 0 Å². The number of likely N-dealkylation sites (tertiary alicyclic amines) is 2. The lowest BCUT2D eigenvalue weighted by atomic mass is 10.1. The first-order valence-corrected chi connectivity index (χ1v) is 10.1. The molecule has 138 valence electrons. The minimum atomic E-state index is 0.0589. The number of amides is 1. The molecule has 1 amide bonds. The Labute approximate surface area is 152 Å². The zero-order chi connectivity index (χ0) is 17.3. The van der Waals surface area contributed by atoms with E-state index in [1.54, 1.807) is 0 Å². The molecule has 1 aromatic carbocycles. The molecule has 0 atom stereocenters. The Balaban J connectivity index is 1.35. The van der Waals surface area contributed by atoms with E-state index in [2.05, 4.69) is 27.2 Å². The van der Waals surface area contributed by atoms with Gasteiger partial charge in [0, 0.05) is 18.7 Å². The van der Waals surface area contributed by atoms with E-state index in [1.165, 1.54) is 70.3 Å². The van der Waals surface area contributed by atoms with E-state index in [9.17, 15) is 4.79 Å². The van der Waals surface area contributed by atoms with Crippen LogP contribution in [0.25, 0.3) is 0 Å². The van der Waals surface area contributed by atoms with Gasteiger partial charge in [-0.25, -0.2) is 0 Å². The third-order valence-electron chi connectivity index (χ3n) is 5.46. The van der Waals surface area contributed by atoms with Gasteiger partial charge in [-0.15, -0.1) is 0 Å². The molecule has 2 aliphatic rings. The molecule has 4 nitrogen and oxygen atoms in total. The molecular weight excluding hydrogens is 310 g/mol. The fourth-order valence-corrected chi connectivity index (χ4v) is 3.93. The van der Waals surface area contributed by atoms with Gasteiger partial charge in [0.05, 0.1) is 0 Å². The van der Waals surface area contributed by atoms with Crippen LogP contribution in [0.1, 0.15) is 60.9 Å². The second-order valence-electron chi connectivity index (χ2n) is 7.55. The molecule has 25 heavy (non-hydrogen) atoms. The van der Waals surface area contributed by atoms with Gasteiger partial charge in [0.2, 0.25) is 0 Å². The minimum Gasteiger partial charge on any atom is -0.352 e. The van der Waals surface area contributed by atoms with E-state index in [0.717, 1.165) is 31.6 Å². The van der Waals surface area contributed by atoms with Crippen molar-refractivity contribution in [2.45, 2.75) is 51.5 Å². The smallest absolute Gasteiger partial charge is 0.251 e. The third-order valence-corrected chi connectivity index (χ3v) is 5.46. The Morgan fingerprint density at radius 2 is 1.44 bits per heavy atom. The van der Waals surface area contributed by atoms with E-state index in [1.807, 2.05) is 12.1 Å². The van der Waals surface area contributed by atoms with Gasteiger partial charge in [-0.1, -0.05) is 25.0 Å². The molecule has 1 aromatic rings. The lowest BCUT2D eigenvalue weighted by Gasteiger charge is -2.19. The summed E-state index contributed by atoms with van der Waals surface area (Å²) in [6, 6.07) is 8.14. The molecule has 2 aliphatic heterocycles. The predicted molar refractivity (Wildman–Crippen MR) is 103 cm³/mol. The molecule has 2 heterocycles. The zero-order valence-electron chi connectivity index (χ0n) is 15.5. The van der Waals surface area contributed by atoms with Crippen molar-refractivity contribution in [1.82, 2.24) is 15.1 Å². The minimum absolute atomic E-state index is 0.0589. The molecule has 0 bridgehead atoms. The molecule has 0 unspecified atom stereocenters. The van der Waals surface area contributed by atoms with Gasteiger partial charge < -0.3 is 10.2 Å². The van der Waals surface area contributed by atoms with Crippen LogP contribution in [0.3, 0.4) is 0 Å². The van der Waals surface area contributed by atoms with Gasteiger partial charge in [-0.3, -0.25) is 9.69 Å². The Hall–Kier alpha value is -1.39. The second-order valence-corrected chi connectivity index (χ2v) is 7.55. The van der Waals surface area contributed by atoms with Crippen molar-refractivity contribution in [3.8, 4) is 0 Å². The summed E-state index contributed by atoms with van der Waals surface area (Å²) in [6.45, 7) is 7.76. The van der Waals surface area contributed by atoms with Crippen LogP contribution < -0.4 is 5.32 Å². The first kappa shape index (κ1) is 18.4. The number of benzene rings is 1. The average molecular weight is 344 g/mol. The molecule has 0 aromatic heterocycles. The molecule has 2 saturated heterocycles. The third kappa shape index (κ3) is 6.12. The van der Waals surface area contributed by atoms with Crippen LogP contribution in [0.2, 0.25) is 0 Å². The molecule has 0 aliphatic carbocycles. The normalized spacial score (nSPS) is 19.7. The molecule has 2 fully saturated rings. The topological polar surface area (TPSA) is 35.6 Å². The molecule has 0 radical (unpaired) electrons. The molecular formula is C21H33N3O. The number of carbonyl (C=O) groups excluding carboxylic acids is 1. The largest absolute Gasteiger partial charge is 0.352 e. The summed E-state index contributed by atoms with van der Waals surface area (Å²) in [5.74, 6) is 0.0589. The number of hydrogen-bond donors (Lipinski definition) is 1. The van der Waals surface area contributed by atoms with Crippen LogP contribution in [-0.2, 0) is 6.54 Å². The van der Waals surface area contributed by atoms with E-state index in [4.69, 9.17) is 0 Å². The monoisotopic (exact) mass is 343 g/mol. The quantitative estimate of drug-likeness (QED) is 0.772. The lowest BCUT2D eigenvalue weighted by Crippen LogP contribution is -2.30. The Kier molecular flexibility index (Phi) is 7.31. The summed E-state index contributed by atoms with van der Waals surface area (Å²) in [4.78, 5) is 17.3. The first-order valence-electron chi connectivity index (χ1n) is 10.1.